The smallest absolute Gasteiger partial charge is 0.216 e. The van der Waals surface area contributed by atoms with E-state index in [0.717, 1.165) is 31.0 Å². The molecule has 0 saturated carbocycles. The number of nitrogens with zero attached hydrogens (tertiary/aromatic N) is 3. The molecule has 78 valence electrons. The lowest BCUT2D eigenvalue weighted by Gasteiger charge is -2.20. The van der Waals surface area contributed by atoms with Gasteiger partial charge in [-0.25, -0.2) is 9.10 Å². The minimum Gasteiger partial charge on any atom is -0.478 e. The molecular formula is C9H14ClN3O. The number of rotatable bonds is 2. The van der Waals surface area contributed by atoms with Gasteiger partial charge in [-0.15, -0.1) is 0 Å². The van der Waals surface area contributed by atoms with Crippen LogP contribution in [0.25, 0.3) is 0 Å². The van der Waals surface area contributed by atoms with E-state index in [1.54, 1.807) is 4.42 Å². The van der Waals surface area contributed by atoms with Crippen LogP contribution in [0, 0.1) is 0 Å². The predicted octanol–water partition coefficient (Wildman–Crippen LogP) is 1.81. The highest BCUT2D eigenvalue weighted by Crippen LogP contribution is 2.31. The molecule has 1 aliphatic heterocycles. The zero-order chi connectivity index (χ0) is 10.1. The number of hydrogen-bond acceptors (Lipinski definition) is 3. The van der Waals surface area contributed by atoms with Gasteiger partial charge in [0.2, 0.25) is 5.88 Å². The van der Waals surface area contributed by atoms with Crippen molar-refractivity contribution in [1.29, 1.82) is 0 Å². The number of fused-ring (bicyclic) bond motifs is 1. The Morgan fingerprint density at radius 2 is 2.50 bits per heavy atom. The van der Waals surface area contributed by atoms with E-state index in [9.17, 15) is 0 Å². The van der Waals surface area contributed by atoms with E-state index in [0.29, 0.717) is 0 Å². The Morgan fingerprint density at radius 1 is 1.71 bits per heavy atom. The molecule has 1 aromatic heterocycles. The van der Waals surface area contributed by atoms with E-state index in [2.05, 4.69) is 5.10 Å². The molecule has 4 nitrogen and oxygen atoms in total. The Bertz CT molecular complexity index is 324. The van der Waals surface area contributed by atoms with Gasteiger partial charge < -0.3 is 4.74 Å². The highest BCUT2D eigenvalue weighted by molar-refractivity contribution is 6.13. The van der Waals surface area contributed by atoms with Crippen molar-refractivity contribution < 1.29 is 4.74 Å². The molecule has 1 aliphatic rings. The van der Waals surface area contributed by atoms with E-state index >= 15 is 0 Å². The van der Waals surface area contributed by atoms with E-state index in [1.807, 2.05) is 24.9 Å². The topological polar surface area (TPSA) is 30.3 Å². The Morgan fingerprint density at radius 3 is 3.21 bits per heavy atom. The summed E-state index contributed by atoms with van der Waals surface area (Å²) < 4.78 is 9.11. The van der Waals surface area contributed by atoms with Crippen LogP contribution in [0.4, 0.5) is 0 Å². The van der Waals surface area contributed by atoms with Crippen molar-refractivity contribution in [3.05, 3.63) is 11.8 Å². The average molecular weight is 216 g/mol. The van der Waals surface area contributed by atoms with E-state index in [1.165, 1.54) is 0 Å². The second kappa shape index (κ2) is 3.79. The normalized spacial score (nSPS) is 17.7. The Kier molecular flexibility index (Phi) is 2.65. The van der Waals surface area contributed by atoms with Crippen molar-refractivity contribution in [3.63, 3.8) is 0 Å². The fourth-order valence-electron chi connectivity index (χ4n) is 1.57. The average Bonchev–Trinajstić information content (AvgIpc) is 2.60. The molecule has 0 saturated heterocycles. The van der Waals surface area contributed by atoms with E-state index in [-0.39, 0.29) is 6.04 Å². The van der Waals surface area contributed by atoms with Crippen molar-refractivity contribution in [2.24, 2.45) is 0 Å². The highest BCUT2D eigenvalue weighted by Gasteiger charge is 2.22. The zero-order valence-corrected chi connectivity index (χ0v) is 9.16. The first-order chi connectivity index (χ1) is 6.70. The van der Waals surface area contributed by atoms with Crippen molar-refractivity contribution in [2.45, 2.75) is 25.9 Å². The van der Waals surface area contributed by atoms with Gasteiger partial charge in [-0.2, -0.15) is 5.10 Å². The quantitative estimate of drug-likeness (QED) is 0.705. The van der Waals surface area contributed by atoms with Crippen LogP contribution in [0.5, 0.6) is 5.88 Å². The van der Waals surface area contributed by atoms with Crippen molar-refractivity contribution in [3.8, 4) is 5.88 Å². The summed E-state index contributed by atoms with van der Waals surface area (Å²) in [6.07, 6.45) is 2.86. The molecule has 0 aromatic carbocycles. The van der Waals surface area contributed by atoms with Gasteiger partial charge in [-0.05, 0) is 18.7 Å². The summed E-state index contributed by atoms with van der Waals surface area (Å²) in [5, 5.41) is 4.27. The molecule has 14 heavy (non-hydrogen) atoms. The predicted molar refractivity (Wildman–Crippen MR) is 54.4 cm³/mol. The van der Waals surface area contributed by atoms with Gasteiger partial charge in [-0.1, -0.05) is 0 Å². The molecule has 0 unspecified atom stereocenters. The van der Waals surface area contributed by atoms with Gasteiger partial charge in [0.05, 0.1) is 24.4 Å². The maximum absolute atomic E-state index is 5.90. The molecule has 2 rings (SSSR count). The fourth-order valence-corrected chi connectivity index (χ4v) is 1.67. The molecule has 0 fully saturated rings. The van der Waals surface area contributed by atoms with E-state index in [4.69, 9.17) is 16.5 Å². The molecule has 0 aliphatic carbocycles. The molecule has 1 atom stereocenters. The summed E-state index contributed by atoms with van der Waals surface area (Å²) >= 11 is 5.90. The van der Waals surface area contributed by atoms with E-state index < -0.39 is 0 Å². The number of aryl methyl sites for hydroxylation is 1. The van der Waals surface area contributed by atoms with Crippen molar-refractivity contribution in [2.75, 3.05) is 13.7 Å². The van der Waals surface area contributed by atoms with Crippen LogP contribution in [-0.4, -0.2) is 27.9 Å². The van der Waals surface area contributed by atoms with Crippen LogP contribution < -0.4 is 4.74 Å². The van der Waals surface area contributed by atoms with Crippen LogP contribution >= 0.6 is 11.8 Å². The maximum Gasteiger partial charge on any atom is 0.216 e. The van der Waals surface area contributed by atoms with Gasteiger partial charge in [-0.3, -0.25) is 0 Å². The first-order valence-corrected chi connectivity index (χ1v) is 5.11. The molecular weight excluding hydrogens is 202 g/mol. The number of ether oxygens (including phenoxy) is 1. The molecule has 0 amide bonds. The summed E-state index contributed by atoms with van der Waals surface area (Å²) in [5.74, 6) is 0.872. The second-order valence-electron chi connectivity index (χ2n) is 3.53. The molecule has 0 spiro atoms. The summed E-state index contributed by atoms with van der Waals surface area (Å²) in [4.78, 5) is 0. The third-order valence-electron chi connectivity index (χ3n) is 2.55. The molecule has 0 radical (unpaired) electrons. The maximum atomic E-state index is 5.90. The first kappa shape index (κ1) is 9.80. The fraction of sp³-hybridized carbons (Fsp3) is 0.667. The van der Waals surface area contributed by atoms with Gasteiger partial charge in [0.15, 0.2) is 0 Å². The summed E-state index contributed by atoms with van der Waals surface area (Å²) in [6.45, 7) is 3.74. The Balaban J connectivity index is 2.30. The van der Waals surface area contributed by atoms with Gasteiger partial charge in [0.1, 0.15) is 0 Å². The largest absolute Gasteiger partial charge is 0.478 e. The lowest BCUT2D eigenvalue weighted by atomic mass is 10.2. The van der Waals surface area contributed by atoms with Gasteiger partial charge in [0.25, 0.3) is 0 Å². The zero-order valence-electron chi connectivity index (χ0n) is 8.40. The third-order valence-corrected chi connectivity index (χ3v) is 2.85. The summed E-state index contributed by atoms with van der Waals surface area (Å²) in [5.41, 5.74) is 1.06. The van der Waals surface area contributed by atoms with Crippen LogP contribution in [0.2, 0.25) is 0 Å². The van der Waals surface area contributed by atoms with Crippen LogP contribution in [0.1, 0.15) is 24.9 Å². The SMILES string of the molecule is C[C@H](c1cnn2c1OCCC2)N(C)Cl. The van der Waals surface area contributed by atoms with Crippen LogP contribution in [0.15, 0.2) is 6.20 Å². The standard InChI is InChI=1S/C9H14ClN3O/c1-7(12(2)10)8-6-11-13-4-3-5-14-9(8)13/h6-7H,3-5H2,1-2H3/t7-/m1/s1. The lowest BCUT2D eigenvalue weighted by molar-refractivity contribution is 0.224. The molecule has 1 aromatic rings. The van der Waals surface area contributed by atoms with Crippen LogP contribution in [0.3, 0.4) is 0 Å². The summed E-state index contributed by atoms with van der Waals surface area (Å²) in [7, 11) is 1.83. The number of halogens is 1. The molecule has 0 bridgehead atoms. The Hall–Kier alpha value is -0.740. The monoisotopic (exact) mass is 215 g/mol. The van der Waals surface area contributed by atoms with Gasteiger partial charge >= 0.3 is 0 Å². The summed E-state index contributed by atoms with van der Waals surface area (Å²) in [6, 6.07) is 0.124. The Labute approximate surface area is 88.5 Å². The first-order valence-electron chi connectivity index (χ1n) is 4.77. The second-order valence-corrected chi connectivity index (χ2v) is 4.06. The molecule has 2 heterocycles. The number of aromatic nitrogens is 2. The third kappa shape index (κ3) is 1.60. The lowest BCUT2D eigenvalue weighted by Crippen LogP contribution is -2.17. The van der Waals surface area contributed by atoms with Crippen molar-refractivity contribution >= 4 is 11.8 Å². The van der Waals surface area contributed by atoms with Gasteiger partial charge in [0, 0.05) is 20.0 Å². The number of hydrogen-bond donors (Lipinski definition) is 0. The molecule has 5 heteroatoms. The van der Waals surface area contributed by atoms with Crippen molar-refractivity contribution in [1.82, 2.24) is 14.2 Å². The minimum absolute atomic E-state index is 0.124. The highest BCUT2D eigenvalue weighted by atomic mass is 35.5. The molecule has 0 N–H and O–H groups in total. The minimum atomic E-state index is 0.124. The van der Waals surface area contributed by atoms with Crippen LogP contribution in [-0.2, 0) is 6.54 Å².